The predicted molar refractivity (Wildman–Crippen MR) is 63.8 cm³/mol. The minimum atomic E-state index is -2.89. The van der Waals surface area contributed by atoms with E-state index in [0.717, 1.165) is 0 Å². The summed E-state index contributed by atoms with van der Waals surface area (Å²) >= 11 is 0. The number of nitrogens with zero attached hydrogens (tertiary/aromatic N) is 1. The number of aliphatic hydroxyl groups is 1. The number of hydrogen-bond donors (Lipinski definition) is 1. The summed E-state index contributed by atoms with van der Waals surface area (Å²) in [5.74, 6) is 2.93. The second kappa shape index (κ2) is 5.67. The van der Waals surface area contributed by atoms with Crippen molar-refractivity contribution in [2.45, 2.75) is 31.9 Å². The Kier molecular flexibility index (Phi) is 4.78. The molecule has 1 unspecified atom stereocenters. The highest BCUT2D eigenvalue weighted by atomic mass is 32.2. The fourth-order valence-corrected chi connectivity index (χ4v) is 3.68. The van der Waals surface area contributed by atoms with E-state index >= 15 is 0 Å². The van der Waals surface area contributed by atoms with Gasteiger partial charge in [0, 0.05) is 12.6 Å². The van der Waals surface area contributed by atoms with E-state index in [1.54, 1.807) is 0 Å². The van der Waals surface area contributed by atoms with Crippen molar-refractivity contribution >= 4 is 9.84 Å². The summed E-state index contributed by atoms with van der Waals surface area (Å²) in [6.45, 7) is 2.75. The zero-order chi connectivity index (χ0) is 12.2. The summed E-state index contributed by atoms with van der Waals surface area (Å²) in [4.78, 5) is 1.90. The molecule has 1 N–H and O–H groups in total. The molecule has 1 heterocycles. The zero-order valence-corrected chi connectivity index (χ0v) is 10.4. The molecule has 0 bridgehead atoms. The van der Waals surface area contributed by atoms with Gasteiger partial charge in [0.25, 0.3) is 0 Å². The number of rotatable bonds is 5. The van der Waals surface area contributed by atoms with Gasteiger partial charge in [0.1, 0.15) is 0 Å². The molecule has 0 aromatic heterocycles. The standard InChI is InChI=1S/C11H19NO3S/c1-3-6-12(8-11(13)4-2)10-5-7-16(14,15)9-10/h1,10-11,13H,4-9H2,2H3/t10?,11-/m1/s1. The lowest BCUT2D eigenvalue weighted by molar-refractivity contribution is 0.0986. The molecule has 2 atom stereocenters. The van der Waals surface area contributed by atoms with Gasteiger partial charge in [-0.15, -0.1) is 6.42 Å². The molecule has 92 valence electrons. The molecule has 0 spiro atoms. The summed E-state index contributed by atoms with van der Waals surface area (Å²) in [6, 6.07) is -0.0257. The van der Waals surface area contributed by atoms with E-state index in [4.69, 9.17) is 6.42 Å². The maximum Gasteiger partial charge on any atom is 0.151 e. The largest absolute Gasteiger partial charge is 0.392 e. The molecule has 0 saturated carbocycles. The van der Waals surface area contributed by atoms with Gasteiger partial charge >= 0.3 is 0 Å². The van der Waals surface area contributed by atoms with Crippen molar-refractivity contribution in [3.05, 3.63) is 0 Å². The van der Waals surface area contributed by atoms with Crippen LogP contribution in [-0.4, -0.2) is 55.2 Å². The third kappa shape index (κ3) is 3.78. The highest BCUT2D eigenvalue weighted by Crippen LogP contribution is 2.18. The molecular formula is C11H19NO3S. The van der Waals surface area contributed by atoms with Gasteiger partial charge in [-0.3, -0.25) is 4.90 Å². The van der Waals surface area contributed by atoms with Crippen LogP contribution in [-0.2, 0) is 9.84 Å². The molecular weight excluding hydrogens is 226 g/mol. The van der Waals surface area contributed by atoms with E-state index in [1.807, 2.05) is 11.8 Å². The minimum Gasteiger partial charge on any atom is -0.392 e. The van der Waals surface area contributed by atoms with Crippen LogP contribution in [0.25, 0.3) is 0 Å². The van der Waals surface area contributed by atoms with E-state index in [2.05, 4.69) is 5.92 Å². The number of hydrogen-bond acceptors (Lipinski definition) is 4. The predicted octanol–water partition coefficient (Wildman–Crippen LogP) is -0.120. The van der Waals surface area contributed by atoms with Crippen molar-refractivity contribution in [3.8, 4) is 12.3 Å². The highest BCUT2D eigenvalue weighted by molar-refractivity contribution is 7.91. The van der Waals surface area contributed by atoms with Crippen LogP contribution in [0.3, 0.4) is 0 Å². The molecule has 1 aliphatic heterocycles. The third-order valence-corrected chi connectivity index (χ3v) is 4.69. The Morgan fingerprint density at radius 1 is 1.62 bits per heavy atom. The lowest BCUT2D eigenvalue weighted by Gasteiger charge is -2.27. The van der Waals surface area contributed by atoms with Crippen molar-refractivity contribution < 1.29 is 13.5 Å². The van der Waals surface area contributed by atoms with E-state index < -0.39 is 15.9 Å². The Bertz CT molecular complexity index is 358. The average molecular weight is 245 g/mol. The van der Waals surface area contributed by atoms with Crippen LogP contribution in [0.1, 0.15) is 19.8 Å². The lowest BCUT2D eigenvalue weighted by atomic mass is 10.2. The van der Waals surface area contributed by atoms with Crippen LogP contribution in [0, 0.1) is 12.3 Å². The summed E-state index contributed by atoms with van der Waals surface area (Å²) in [5, 5.41) is 9.59. The number of sulfone groups is 1. The second-order valence-corrected chi connectivity index (χ2v) is 6.48. The molecule has 4 nitrogen and oxygen atoms in total. The second-order valence-electron chi connectivity index (χ2n) is 4.25. The highest BCUT2D eigenvalue weighted by Gasteiger charge is 2.32. The van der Waals surface area contributed by atoms with Gasteiger partial charge in [-0.1, -0.05) is 12.8 Å². The van der Waals surface area contributed by atoms with Gasteiger partial charge in [0.2, 0.25) is 0 Å². The smallest absolute Gasteiger partial charge is 0.151 e. The Balaban J connectivity index is 2.61. The third-order valence-electron chi connectivity index (χ3n) is 2.94. The summed E-state index contributed by atoms with van der Waals surface area (Å²) in [5.41, 5.74) is 0. The van der Waals surface area contributed by atoms with Gasteiger partial charge in [-0.2, -0.15) is 0 Å². The number of terminal acetylenes is 1. The zero-order valence-electron chi connectivity index (χ0n) is 9.59. The SMILES string of the molecule is C#CCN(C[C@H](O)CC)C1CCS(=O)(=O)C1. The normalized spacial score (nSPS) is 25.5. The fraction of sp³-hybridized carbons (Fsp3) is 0.818. The Morgan fingerprint density at radius 2 is 2.31 bits per heavy atom. The molecule has 1 fully saturated rings. The number of aliphatic hydroxyl groups excluding tert-OH is 1. The molecule has 5 heteroatoms. The topological polar surface area (TPSA) is 57.6 Å². The van der Waals surface area contributed by atoms with Crippen molar-refractivity contribution in [2.75, 3.05) is 24.6 Å². The molecule has 0 aromatic carbocycles. The van der Waals surface area contributed by atoms with Crippen molar-refractivity contribution in [1.29, 1.82) is 0 Å². The molecule has 0 aliphatic carbocycles. The lowest BCUT2D eigenvalue weighted by Crippen LogP contribution is -2.41. The van der Waals surface area contributed by atoms with Gasteiger partial charge in [-0.25, -0.2) is 8.42 Å². The fourth-order valence-electron chi connectivity index (χ4n) is 1.92. The Labute approximate surface area is 97.6 Å². The van der Waals surface area contributed by atoms with Crippen molar-refractivity contribution in [3.63, 3.8) is 0 Å². The van der Waals surface area contributed by atoms with Gasteiger partial charge in [-0.05, 0) is 12.8 Å². The minimum absolute atomic E-state index is 0.0257. The summed E-state index contributed by atoms with van der Waals surface area (Å²) < 4.78 is 22.7. The summed E-state index contributed by atoms with van der Waals surface area (Å²) in [7, 11) is -2.89. The van der Waals surface area contributed by atoms with Crippen LogP contribution in [0.4, 0.5) is 0 Å². The van der Waals surface area contributed by atoms with E-state index in [0.29, 0.717) is 25.9 Å². The van der Waals surface area contributed by atoms with Crippen LogP contribution in [0.5, 0.6) is 0 Å². The maximum absolute atomic E-state index is 11.4. The van der Waals surface area contributed by atoms with Crippen molar-refractivity contribution in [1.82, 2.24) is 4.90 Å². The van der Waals surface area contributed by atoms with Crippen LogP contribution in [0.15, 0.2) is 0 Å². The average Bonchev–Trinajstić information content (AvgIpc) is 2.58. The molecule has 0 radical (unpaired) electrons. The van der Waals surface area contributed by atoms with Crippen molar-refractivity contribution in [2.24, 2.45) is 0 Å². The molecule has 0 amide bonds. The van der Waals surface area contributed by atoms with Crippen LogP contribution >= 0.6 is 0 Å². The molecule has 1 rings (SSSR count). The van der Waals surface area contributed by atoms with Crippen LogP contribution in [0.2, 0.25) is 0 Å². The van der Waals surface area contributed by atoms with Gasteiger partial charge < -0.3 is 5.11 Å². The first-order chi connectivity index (χ1) is 7.48. The Hall–Kier alpha value is -0.570. The molecule has 1 aliphatic rings. The van der Waals surface area contributed by atoms with Gasteiger partial charge in [0.15, 0.2) is 9.84 Å². The Morgan fingerprint density at radius 3 is 2.75 bits per heavy atom. The van der Waals surface area contributed by atoms with E-state index in [-0.39, 0.29) is 17.5 Å². The maximum atomic E-state index is 11.4. The van der Waals surface area contributed by atoms with E-state index in [9.17, 15) is 13.5 Å². The van der Waals surface area contributed by atoms with Gasteiger partial charge in [0.05, 0.1) is 24.2 Å². The molecule has 1 saturated heterocycles. The summed E-state index contributed by atoms with van der Waals surface area (Å²) in [6.07, 6.45) is 6.10. The van der Waals surface area contributed by atoms with E-state index in [1.165, 1.54) is 0 Å². The first kappa shape index (κ1) is 13.5. The molecule has 16 heavy (non-hydrogen) atoms. The quantitative estimate of drug-likeness (QED) is 0.686. The van der Waals surface area contributed by atoms with Crippen LogP contribution < -0.4 is 0 Å². The monoisotopic (exact) mass is 245 g/mol. The first-order valence-electron chi connectivity index (χ1n) is 5.54. The first-order valence-corrected chi connectivity index (χ1v) is 7.36. The molecule has 0 aromatic rings.